The third-order valence-corrected chi connectivity index (χ3v) is 1.49. The number of ether oxygens (including phenoxy) is 2. The largest absolute Gasteiger partial charge is 0.586 e. The number of benzene rings is 1. The highest BCUT2D eigenvalue weighted by molar-refractivity contribution is 5.52. The van der Waals surface area contributed by atoms with Crippen LogP contribution in [0.1, 0.15) is 0 Å². The van der Waals surface area contributed by atoms with Gasteiger partial charge in [-0.3, -0.25) is 0 Å². The zero-order chi connectivity index (χ0) is 9.64. The van der Waals surface area contributed by atoms with Gasteiger partial charge in [-0.25, -0.2) is 4.39 Å². The van der Waals surface area contributed by atoms with Gasteiger partial charge in [-0.1, -0.05) is 0 Å². The zero-order valence-electron chi connectivity index (χ0n) is 6.05. The summed E-state index contributed by atoms with van der Waals surface area (Å²) in [6.45, 7) is 0. The lowest BCUT2D eigenvalue weighted by Crippen LogP contribution is -2.26. The van der Waals surface area contributed by atoms with E-state index in [1.165, 1.54) is 0 Å². The summed E-state index contributed by atoms with van der Waals surface area (Å²) in [6.07, 6.45) is -3.91. The maximum atomic E-state index is 12.8. The summed E-state index contributed by atoms with van der Waals surface area (Å²) < 4.78 is 45.2. The number of halogens is 3. The Hall–Kier alpha value is -1.59. The summed E-state index contributed by atoms with van der Waals surface area (Å²) in [5.74, 6) is -3.05. The first-order valence-electron chi connectivity index (χ1n) is 3.27. The summed E-state index contributed by atoms with van der Waals surface area (Å²) in [6, 6.07) is 1.71. The van der Waals surface area contributed by atoms with Crippen molar-refractivity contribution in [3.05, 3.63) is 17.9 Å². The van der Waals surface area contributed by atoms with Gasteiger partial charge in [0.05, 0.1) is 0 Å². The Morgan fingerprint density at radius 3 is 2.38 bits per heavy atom. The lowest BCUT2D eigenvalue weighted by Gasteiger charge is -2.04. The molecule has 70 valence electrons. The Balaban J connectivity index is 2.56. The highest BCUT2D eigenvalue weighted by atomic mass is 19.3. The van der Waals surface area contributed by atoms with E-state index in [9.17, 15) is 13.2 Å². The first kappa shape index (κ1) is 8.03. The van der Waals surface area contributed by atoms with E-state index in [1.54, 1.807) is 0 Å². The molecule has 0 saturated carbocycles. The summed E-state index contributed by atoms with van der Waals surface area (Å²) in [7, 11) is 0. The van der Waals surface area contributed by atoms with E-state index < -0.39 is 29.4 Å². The minimum atomic E-state index is -3.91. The maximum absolute atomic E-state index is 12.8. The fraction of sp³-hybridized carbons (Fsp3) is 0.143. The molecular weight excluding hydrogens is 189 g/mol. The molecule has 0 aromatic heterocycles. The topological polar surface area (TPSA) is 38.7 Å². The van der Waals surface area contributed by atoms with Crippen LogP contribution in [0.5, 0.6) is 17.2 Å². The normalized spacial score (nSPS) is 17.5. The van der Waals surface area contributed by atoms with Crippen LogP contribution in [-0.4, -0.2) is 11.4 Å². The number of fused-ring (bicyclic) bond motifs is 1. The van der Waals surface area contributed by atoms with Crippen LogP contribution in [0.2, 0.25) is 0 Å². The molecule has 0 radical (unpaired) electrons. The van der Waals surface area contributed by atoms with Crippen molar-refractivity contribution in [2.24, 2.45) is 0 Å². The highest BCUT2D eigenvalue weighted by Gasteiger charge is 2.46. The minimum absolute atomic E-state index is 0.589. The van der Waals surface area contributed by atoms with Crippen LogP contribution < -0.4 is 9.47 Å². The van der Waals surface area contributed by atoms with Crippen molar-refractivity contribution >= 4 is 0 Å². The SMILES string of the molecule is Oc1ccc(F)c2c1OC(F)(F)O2. The molecule has 0 saturated heterocycles. The standard InChI is InChI=1S/C7H3F3O3/c8-3-1-2-4(11)6-5(3)12-7(9,10)13-6/h1-2,11H. The Morgan fingerprint density at radius 1 is 1.15 bits per heavy atom. The van der Waals surface area contributed by atoms with E-state index in [-0.39, 0.29) is 0 Å². The molecule has 3 nitrogen and oxygen atoms in total. The molecule has 1 aliphatic rings. The fourth-order valence-corrected chi connectivity index (χ4v) is 0.980. The number of hydrogen-bond donors (Lipinski definition) is 1. The smallest absolute Gasteiger partial charge is 0.504 e. The molecule has 1 heterocycles. The predicted octanol–water partition coefficient (Wildman–Crippen LogP) is 1.85. The van der Waals surface area contributed by atoms with Crippen LogP contribution in [0, 0.1) is 5.82 Å². The van der Waals surface area contributed by atoms with Gasteiger partial charge in [0.1, 0.15) is 0 Å². The number of phenols is 1. The lowest BCUT2D eigenvalue weighted by atomic mass is 10.3. The van der Waals surface area contributed by atoms with Crippen molar-refractivity contribution in [2.45, 2.75) is 6.29 Å². The van der Waals surface area contributed by atoms with E-state index in [0.29, 0.717) is 0 Å². The molecule has 1 aliphatic heterocycles. The van der Waals surface area contributed by atoms with Crippen LogP contribution in [0.4, 0.5) is 13.2 Å². The summed E-state index contributed by atoms with van der Waals surface area (Å²) in [5, 5.41) is 8.98. The molecule has 0 unspecified atom stereocenters. The van der Waals surface area contributed by atoms with Crippen LogP contribution >= 0.6 is 0 Å². The quantitative estimate of drug-likeness (QED) is 0.681. The second-order valence-electron chi connectivity index (χ2n) is 2.39. The van der Waals surface area contributed by atoms with Gasteiger partial charge in [0.2, 0.25) is 11.5 Å². The molecule has 0 aliphatic carbocycles. The van der Waals surface area contributed by atoms with Crippen LogP contribution in [0.15, 0.2) is 12.1 Å². The lowest BCUT2D eigenvalue weighted by molar-refractivity contribution is -0.287. The van der Waals surface area contributed by atoms with Gasteiger partial charge in [-0.2, -0.15) is 0 Å². The van der Waals surface area contributed by atoms with Crippen LogP contribution in [-0.2, 0) is 0 Å². The average Bonchev–Trinajstić information content (AvgIpc) is 2.35. The van der Waals surface area contributed by atoms with Gasteiger partial charge in [0, 0.05) is 0 Å². The Bertz CT molecular complexity index is 331. The molecule has 0 bridgehead atoms. The molecule has 6 heteroatoms. The van der Waals surface area contributed by atoms with Gasteiger partial charge in [-0.15, -0.1) is 8.78 Å². The Morgan fingerprint density at radius 2 is 1.77 bits per heavy atom. The minimum Gasteiger partial charge on any atom is -0.504 e. The van der Waals surface area contributed by atoms with Crippen molar-refractivity contribution in [1.82, 2.24) is 0 Å². The van der Waals surface area contributed by atoms with Crippen molar-refractivity contribution < 1.29 is 27.8 Å². The second kappa shape index (κ2) is 2.21. The molecule has 0 spiro atoms. The Labute approximate surface area is 70.3 Å². The number of alkyl halides is 2. The molecule has 2 rings (SSSR count). The third-order valence-electron chi connectivity index (χ3n) is 1.49. The van der Waals surface area contributed by atoms with Gasteiger partial charge in [-0.05, 0) is 12.1 Å². The van der Waals surface area contributed by atoms with Gasteiger partial charge >= 0.3 is 6.29 Å². The van der Waals surface area contributed by atoms with E-state index in [2.05, 4.69) is 9.47 Å². The Kier molecular flexibility index (Phi) is 1.37. The monoisotopic (exact) mass is 192 g/mol. The zero-order valence-corrected chi connectivity index (χ0v) is 6.05. The van der Waals surface area contributed by atoms with E-state index >= 15 is 0 Å². The van der Waals surface area contributed by atoms with Crippen molar-refractivity contribution in [3.8, 4) is 17.2 Å². The van der Waals surface area contributed by atoms with Gasteiger partial charge in [0.25, 0.3) is 0 Å². The first-order valence-corrected chi connectivity index (χ1v) is 3.27. The van der Waals surface area contributed by atoms with E-state index in [0.717, 1.165) is 12.1 Å². The van der Waals surface area contributed by atoms with E-state index in [4.69, 9.17) is 5.11 Å². The number of phenolic OH excluding ortho intramolecular Hbond substituents is 1. The summed E-state index contributed by atoms with van der Waals surface area (Å²) in [5.41, 5.74) is 0. The number of aromatic hydroxyl groups is 1. The summed E-state index contributed by atoms with van der Waals surface area (Å²) >= 11 is 0. The van der Waals surface area contributed by atoms with Gasteiger partial charge in [0.15, 0.2) is 11.6 Å². The molecule has 1 aromatic carbocycles. The van der Waals surface area contributed by atoms with Crippen LogP contribution in [0.3, 0.4) is 0 Å². The average molecular weight is 192 g/mol. The summed E-state index contributed by atoms with van der Waals surface area (Å²) in [4.78, 5) is 0. The molecular formula is C7H3F3O3. The van der Waals surface area contributed by atoms with Crippen molar-refractivity contribution in [3.63, 3.8) is 0 Å². The maximum Gasteiger partial charge on any atom is 0.586 e. The highest BCUT2D eigenvalue weighted by Crippen LogP contribution is 2.47. The predicted molar refractivity (Wildman–Crippen MR) is 34.3 cm³/mol. The molecule has 0 atom stereocenters. The van der Waals surface area contributed by atoms with Crippen molar-refractivity contribution in [2.75, 3.05) is 0 Å². The third kappa shape index (κ3) is 1.14. The van der Waals surface area contributed by atoms with Gasteiger partial charge < -0.3 is 14.6 Å². The molecule has 0 fully saturated rings. The molecule has 13 heavy (non-hydrogen) atoms. The molecule has 1 aromatic rings. The van der Waals surface area contributed by atoms with E-state index in [1.807, 2.05) is 0 Å². The molecule has 0 amide bonds. The number of hydrogen-bond acceptors (Lipinski definition) is 3. The van der Waals surface area contributed by atoms with Crippen molar-refractivity contribution in [1.29, 1.82) is 0 Å². The molecule has 1 N–H and O–H groups in total. The fourth-order valence-electron chi connectivity index (χ4n) is 0.980. The number of rotatable bonds is 0. The first-order chi connectivity index (χ1) is 5.99. The van der Waals surface area contributed by atoms with Crippen LogP contribution in [0.25, 0.3) is 0 Å². The second-order valence-corrected chi connectivity index (χ2v) is 2.39.